The minimum Gasteiger partial charge on any atom is -0.495 e. The van der Waals surface area contributed by atoms with Gasteiger partial charge in [-0.05, 0) is 31.2 Å². The number of alkyl halides is 3. The fourth-order valence-corrected chi connectivity index (χ4v) is 4.02. The number of nitrogens with zero attached hydrogens (tertiary/aromatic N) is 4. The molecule has 33 heavy (non-hydrogen) atoms. The van der Waals surface area contributed by atoms with Crippen LogP contribution in [0.5, 0.6) is 5.75 Å². The molecule has 4 rings (SSSR count). The van der Waals surface area contributed by atoms with Crippen molar-refractivity contribution in [3.05, 3.63) is 64.1 Å². The average molecular weight is 460 g/mol. The number of anilines is 1. The number of carbonyl (C=O) groups is 1. The van der Waals surface area contributed by atoms with Gasteiger partial charge in [0.25, 0.3) is 11.5 Å². The number of aryl methyl sites for hydroxylation is 1. The lowest BCUT2D eigenvalue weighted by molar-refractivity contribution is -0.137. The van der Waals surface area contributed by atoms with Crippen molar-refractivity contribution in [1.82, 2.24) is 14.7 Å². The molecule has 0 aliphatic carbocycles. The molecule has 1 saturated heterocycles. The number of halogens is 3. The van der Waals surface area contributed by atoms with Crippen molar-refractivity contribution in [2.75, 3.05) is 38.2 Å². The molecule has 0 N–H and O–H groups in total. The second-order valence-corrected chi connectivity index (χ2v) is 7.68. The number of benzene rings is 2. The van der Waals surface area contributed by atoms with Gasteiger partial charge in [-0.15, -0.1) is 0 Å². The van der Waals surface area contributed by atoms with Crippen LogP contribution in [0, 0.1) is 0 Å². The maximum absolute atomic E-state index is 13.3. The van der Waals surface area contributed by atoms with Gasteiger partial charge >= 0.3 is 6.18 Å². The monoisotopic (exact) mass is 460 g/mol. The van der Waals surface area contributed by atoms with E-state index in [0.29, 0.717) is 49.2 Å². The Morgan fingerprint density at radius 2 is 1.73 bits per heavy atom. The summed E-state index contributed by atoms with van der Waals surface area (Å²) in [5.41, 5.74) is -0.266. The molecule has 10 heteroatoms. The Labute approximate surface area is 188 Å². The molecule has 0 spiro atoms. The van der Waals surface area contributed by atoms with Gasteiger partial charge in [0.05, 0.1) is 23.7 Å². The highest BCUT2D eigenvalue weighted by Gasteiger charge is 2.32. The SMILES string of the molecule is CCn1nc(C(=O)N2CCN(c3ccc(C(F)(F)F)cc3OC)CC2)c2ccccc2c1=O. The summed E-state index contributed by atoms with van der Waals surface area (Å²) in [6.07, 6.45) is -4.46. The lowest BCUT2D eigenvalue weighted by Crippen LogP contribution is -2.49. The van der Waals surface area contributed by atoms with Crippen LogP contribution < -0.4 is 15.2 Å². The minimum atomic E-state index is -4.46. The van der Waals surface area contributed by atoms with Crippen LogP contribution in [0.25, 0.3) is 10.8 Å². The second-order valence-electron chi connectivity index (χ2n) is 7.68. The lowest BCUT2D eigenvalue weighted by Gasteiger charge is -2.36. The third-order valence-corrected chi connectivity index (χ3v) is 5.78. The van der Waals surface area contributed by atoms with Crippen LogP contribution >= 0.6 is 0 Å². The Kier molecular flexibility index (Phi) is 6.01. The number of fused-ring (bicyclic) bond motifs is 1. The van der Waals surface area contributed by atoms with Crippen molar-refractivity contribution in [2.45, 2.75) is 19.6 Å². The fraction of sp³-hybridized carbons (Fsp3) is 0.348. The summed E-state index contributed by atoms with van der Waals surface area (Å²) >= 11 is 0. The number of carbonyl (C=O) groups excluding carboxylic acids is 1. The van der Waals surface area contributed by atoms with Crippen molar-refractivity contribution in [3.63, 3.8) is 0 Å². The molecule has 7 nitrogen and oxygen atoms in total. The van der Waals surface area contributed by atoms with Gasteiger partial charge in [-0.3, -0.25) is 9.59 Å². The Balaban J connectivity index is 1.56. The van der Waals surface area contributed by atoms with Crippen molar-refractivity contribution >= 4 is 22.4 Å². The Hall–Kier alpha value is -3.56. The van der Waals surface area contributed by atoms with Crippen LogP contribution in [0.1, 0.15) is 23.0 Å². The summed E-state index contributed by atoms with van der Waals surface area (Å²) < 4.78 is 45.6. The first kappa shape index (κ1) is 22.6. The second kappa shape index (κ2) is 8.76. The molecule has 174 valence electrons. The van der Waals surface area contributed by atoms with Gasteiger partial charge in [-0.25, -0.2) is 4.68 Å². The van der Waals surface area contributed by atoms with E-state index in [2.05, 4.69) is 5.10 Å². The van der Waals surface area contributed by atoms with Crippen LogP contribution in [0.15, 0.2) is 47.3 Å². The number of piperazine rings is 1. The number of hydrogen-bond donors (Lipinski definition) is 0. The highest BCUT2D eigenvalue weighted by atomic mass is 19.4. The van der Waals surface area contributed by atoms with Crippen LogP contribution in [0.3, 0.4) is 0 Å². The molecule has 2 aromatic carbocycles. The standard InChI is InChI=1S/C23H23F3N4O3/c1-3-30-21(31)17-7-5-4-6-16(17)20(27-30)22(32)29-12-10-28(11-13-29)18-9-8-15(23(24,25)26)14-19(18)33-2/h4-9,14H,3,10-13H2,1-2H3. The smallest absolute Gasteiger partial charge is 0.416 e. The molecule has 1 amide bonds. The third kappa shape index (κ3) is 4.24. The van der Waals surface area contributed by atoms with Crippen molar-refractivity contribution in [1.29, 1.82) is 0 Å². The van der Waals surface area contributed by atoms with Gasteiger partial charge in [0.15, 0.2) is 5.69 Å². The summed E-state index contributed by atoms with van der Waals surface area (Å²) in [7, 11) is 1.33. The fourth-order valence-electron chi connectivity index (χ4n) is 4.02. The third-order valence-electron chi connectivity index (χ3n) is 5.78. The Morgan fingerprint density at radius 1 is 1.06 bits per heavy atom. The van der Waals surface area contributed by atoms with E-state index < -0.39 is 11.7 Å². The summed E-state index contributed by atoms with van der Waals surface area (Å²) in [6, 6.07) is 10.3. The normalized spacial score (nSPS) is 14.6. The maximum Gasteiger partial charge on any atom is 0.416 e. The number of rotatable bonds is 4. The van der Waals surface area contributed by atoms with E-state index in [9.17, 15) is 22.8 Å². The van der Waals surface area contributed by atoms with Crippen LogP contribution in [-0.2, 0) is 12.7 Å². The van der Waals surface area contributed by atoms with Crippen LogP contribution in [0.4, 0.5) is 18.9 Å². The minimum absolute atomic E-state index is 0.132. The van der Waals surface area contributed by atoms with E-state index in [-0.39, 0.29) is 22.9 Å². The maximum atomic E-state index is 13.3. The zero-order chi connectivity index (χ0) is 23.8. The predicted octanol–water partition coefficient (Wildman–Crippen LogP) is 3.41. The molecule has 1 aliphatic heterocycles. The molecule has 0 radical (unpaired) electrons. The first-order valence-corrected chi connectivity index (χ1v) is 10.5. The van der Waals surface area contributed by atoms with Gasteiger partial charge in [-0.1, -0.05) is 18.2 Å². The first-order valence-electron chi connectivity index (χ1n) is 10.5. The van der Waals surface area contributed by atoms with Crippen molar-refractivity contribution in [2.24, 2.45) is 0 Å². The van der Waals surface area contributed by atoms with E-state index in [1.54, 1.807) is 36.1 Å². The van der Waals surface area contributed by atoms with Crippen molar-refractivity contribution < 1.29 is 22.7 Å². The number of methoxy groups -OCH3 is 1. The van der Waals surface area contributed by atoms with Crippen LogP contribution in [0.2, 0.25) is 0 Å². The summed E-state index contributed by atoms with van der Waals surface area (Å²) in [4.78, 5) is 29.4. The first-order chi connectivity index (χ1) is 15.7. The van der Waals surface area contributed by atoms with E-state index in [4.69, 9.17) is 4.74 Å². The van der Waals surface area contributed by atoms with E-state index in [0.717, 1.165) is 12.1 Å². The van der Waals surface area contributed by atoms with Gasteiger partial charge in [0, 0.05) is 38.1 Å². The predicted molar refractivity (Wildman–Crippen MR) is 118 cm³/mol. The molecular weight excluding hydrogens is 437 g/mol. The molecule has 3 aromatic rings. The van der Waals surface area contributed by atoms with E-state index >= 15 is 0 Å². The van der Waals surface area contributed by atoms with Gasteiger partial charge in [0.2, 0.25) is 0 Å². The molecule has 0 saturated carbocycles. The Bertz CT molecular complexity index is 1250. The molecule has 1 fully saturated rings. The van der Waals surface area contributed by atoms with Crippen LogP contribution in [-0.4, -0.2) is 53.9 Å². The molecule has 0 atom stereocenters. The lowest BCUT2D eigenvalue weighted by atomic mass is 10.1. The quantitative estimate of drug-likeness (QED) is 0.597. The molecular formula is C23H23F3N4O3. The zero-order valence-electron chi connectivity index (χ0n) is 18.2. The average Bonchev–Trinajstić information content (AvgIpc) is 2.83. The van der Waals surface area contributed by atoms with E-state index in [1.807, 2.05) is 4.90 Å². The van der Waals surface area contributed by atoms with Gasteiger partial charge in [-0.2, -0.15) is 18.3 Å². The molecule has 0 unspecified atom stereocenters. The summed E-state index contributed by atoms with van der Waals surface area (Å²) in [6.45, 7) is 3.66. The zero-order valence-corrected chi connectivity index (χ0v) is 18.2. The van der Waals surface area contributed by atoms with E-state index in [1.165, 1.54) is 17.9 Å². The van der Waals surface area contributed by atoms with Gasteiger partial charge in [0.1, 0.15) is 5.75 Å². The largest absolute Gasteiger partial charge is 0.495 e. The number of ether oxygens (including phenoxy) is 1. The van der Waals surface area contributed by atoms with Crippen molar-refractivity contribution in [3.8, 4) is 5.75 Å². The molecule has 1 aromatic heterocycles. The topological polar surface area (TPSA) is 67.7 Å². The highest BCUT2D eigenvalue weighted by Crippen LogP contribution is 2.37. The number of amides is 1. The number of hydrogen-bond acceptors (Lipinski definition) is 5. The summed E-state index contributed by atoms with van der Waals surface area (Å²) in [5.74, 6) is -0.153. The summed E-state index contributed by atoms with van der Waals surface area (Å²) in [5, 5.41) is 5.24. The number of aromatic nitrogens is 2. The highest BCUT2D eigenvalue weighted by molar-refractivity contribution is 6.04. The van der Waals surface area contributed by atoms with Gasteiger partial charge < -0.3 is 14.5 Å². The Morgan fingerprint density at radius 3 is 2.33 bits per heavy atom. The molecule has 1 aliphatic rings. The molecule has 0 bridgehead atoms. The molecule has 2 heterocycles.